The normalized spacial score (nSPS) is 13.8. The van der Waals surface area contributed by atoms with Gasteiger partial charge in [-0.25, -0.2) is 0 Å². The second kappa shape index (κ2) is 6.18. The van der Waals surface area contributed by atoms with Gasteiger partial charge >= 0.3 is 0 Å². The average molecular weight is 323 g/mol. The highest BCUT2D eigenvalue weighted by molar-refractivity contribution is 6.17. The van der Waals surface area contributed by atoms with Gasteiger partial charge in [0.05, 0.1) is 23.7 Å². The lowest BCUT2D eigenvalue weighted by Gasteiger charge is -2.23. The number of halogens is 1. The highest BCUT2D eigenvalue weighted by Crippen LogP contribution is 2.36. The molecule has 0 saturated heterocycles. The lowest BCUT2D eigenvalue weighted by atomic mass is 9.99. The number of methoxy groups -OCH3 is 2. The van der Waals surface area contributed by atoms with Crippen molar-refractivity contribution in [2.24, 2.45) is 0 Å². The van der Waals surface area contributed by atoms with E-state index >= 15 is 0 Å². The van der Waals surface area contributed by atoms with Gasteiger partial charge in [0.15, 0.2) is 0 Å². The second-order valence-electron chi connectivity index (χ2n) is 5.36. The van der Waals surface area contributed by atoms with Crippen molar-refractivity contribution >= 4 is 28.2 Å². The number of pyridine rings is 1. The summed E-state index contributed by atoms with van der Waals surface area (Å²) in [4.78, 5) is 12.8. The van der Waals surface area contributed by atoms with E-state index in [4.69, 9.17) is 21.1 Å². The summed E-state index contributed by atoms with van der Waals surface area (Å²) in [7, 11) is 3.21. The minimum absolute atomic E-state index is 0.00896. The van der Waals surface area contributed by atoms with E-state index < -0.39 is 0 Å². The van der Waals surface area contributed by atoms with Gasteiger partial charge in [-0.3, -0.25) is 9.36 Å². The van der Waals surface area contributed by atoms with Crippen LogP contribution in [0, 0.1) is 0 Å². The number of hydrogen-bond donors (Lipinski definition) is 1. The Balaban J connectivity index is 2.45. The van der Waals surface area contributed by atoms with Crippen LogP contribution in [0.3, 0.4) is 0 Å². The summed E-state index contributed by atoms with van der Waals surface area (Å²) in [6.07, 6.45) is 1.71. The Morgan fingerprint density at radius 3 is 2.86 bits per heavy atom. The zero-order valence-corrected chi connectivity index (χ0v) is 13.5. The molecule has 1 aliphatic rings. The molecule has 5 nitrogen and oxygen atoms in total. The van der Waals surface area contributed by atoms with Crippen molar-refractivity contribution in [3.63, 3.8) is 0 Å². The number of nitrogens with one attached hydrogen (secondary N) is 1. The molecule has 22 heavy (non-hydrogen) atoms. The molecule has 1 aromatic carbocycles. The SMILES string of the molecule is COCn1c(=O)c2c(c3c(OC)cc(CCl)cc31)NCCC2. The van der Waals surface area contributed by atoms with E-state index in [1.54, 1.807) is 18.8 Å². The molecule has 118 valence electrons. The summed E-state index contributed by atoms with van der Waals surface area (Å²) >= 11 is 5.98. The van der Waals surface area contributed by atoms with Gasteiger partial charge in [0.25, 0.3) is 5.56 Å². The van der Waals surface area contributed by atoms with Crippen LogP contribution in [0.15, 0.2) is 16.9 Å². The maximum atomic E-state index is 12.8. The number of fused-ring (bicyclic) bond motifs is 3. The minimum Gasteiger partial charge on any atom is -0.496 e. The van der Waals surface area contributed by atoms with Crippen LogP contribution < -0.4 is 15.6 Å². The van der Waals surface area contributed by atoms with Crippen LogP contribution in [-0.2, 0) is 23.8 Å². The Kier molecular flexibility index (Phi) is 4.27. The van der Waals surface area contributed by atoms with Gasteiger partial charge in [-0.1, -0.05) is 0 Å². The van der Waals surface area contributed by atoms with Gasteiger partial charge in [0.2, 0.25) is 0 Å². The summed E-state index contributed by atoms with van der Waals surface area (Å²) in [6, 6.07) is 3.86. The number of hydrogen-bond acceptors (Lipinski definition) is 4. The number of aromatic nitrogens is 1. The number of rotatable bonds is 4. The van der Waals surface area contributed by atoms with Crippen molar-refractivity contribution in [2.45, 2.75) is 25.5 Å². The molecule has 3 rings (SSSR count). The molecule has 2 heterocycles. The van der Waals surface area contributed by atoms with Crippen LogP contribution >= 0.6 is 11.6 Å². The van der Waals surface area contributed by atoms with E-state index in [9.17, 15) is 4.79 Å². The highest BCUT2D eigenvalue weighted by atomic mass is 35.5. The predicted octanol–water partition coefficient (Wildman–Crippen LogP) is 2.71. The molecule has 0 aliphatic carbocycles. The van der Waals surface area contributed by atoms with Gasteiger partial charge in [-0.05, 0) is 30.5 Å². The van der Waals surface area contributed by atoms with E-state index in [0.29, 0.717) is 5.88 Å². The van der Waals surface area contributed by atoms with Crippen LogP contribution in [0.2, 0.25) is 0 Å². The van der Waals surface area contributed by atoms with Gasteiger partial charge in [0, 0.05) is 25.1 Å². The monoisotopic (exact) mass is 322 g/mol. The third-order valence-electron chi connectivity index (χ3n) is 4.02. The van der Waals surface area contributed by atoms with Crippen molar-refractivity contribution in [3.05, 3.63) is 33.6 Å². The molecular formula is C16H19ClN2O3. The van der Waals surface area contributed by atoms with Gasteiger partial charge in [-0.15, -0.1) is 11.6 Å². The van der Waals surface area contributed by atoms with E-state index in [0.717, 1.165) is 52.9 Å². The Hall–Kier alpha value is -1.72. The predicted molar refractivity (Wildman–Crippen MR) is 88.1 cm³/mol. The first-order valence-electron chi connectivity index (χ1n) is 7.26. The first kappa shape index (κ1) is 15.2. The summed E-state index contributed by atoms with van der Waals surface area (Å²) in [5.41, 5.74) is 3.37. The van der Waals surface area contributed by atoms with E-state index in [1.807, 2.05) is 12.1 Å². The molecule has 0 fully saturated rings. The van der Waals surface area contributed by atoms with Crippen LogP contribution in [0.1, 0.15) is 17.5 Å². The molecule has 0 spiro atoms. The lowest BCUT2D eigenvalue weighted by molar-refractivity contribution is 0.131. The van der Waals surface area contributed by atoms with Crippen LogP contribution in [0.5, 0.6) is 5.75 Å². The maximum Gasteiger partial charge on any atom is 0.258 e. The number of alkyl halides is 1. The first-order chi connectivity index (χ1) is 10.7. The summed E-state index contributed by atoms with van der Waals surface area (Å²) < 4.78 is 12.4. The third-order valence-corrected chi connectivity index (χ3v) is 4.33. The van der Waals surface area contributed by atoms with Gasteiger partial charge < -0.3 is 14.8 Å². The molecule has 1 aliphatic heterocycles. The zero-order valence-electron chi connectivity index (χ0n) is 12.7. The average Bonchev–Trinajstić information content (AvgIpc) is 2.57. The Morgan fingerprint density at radius 1 is 1.36 bits per heavy atom. The van der Waals surface area contributed by atoms with Crippen LogP contribution in [0.4, 0.5) is 5.69 Å². The number of nitrogens with zero attached hydrogens (tertiary/aromatic N) is 1. The fourth-order valence-electron chi connectivity index (χ4n) is 3.05. The molecule has 1 aromatic heterocycles. The van der Waals surface area contributed by atoms with Crippen LogP contribution in [0.25, 0.3) is 10.9 Å². The first-order valence-corrected chi connectivity index (χ1v) is 7.79. The molecule has 1 N–H and O–H groups in total. The molecule has 6 heteroatoms. The molecule has 0 bridgehead atoms. The largest absolute Gasteiger partial charge is 0.496 e. The Bertz CT molecular complexity index is 770. The van der Waals surface area contributed by atoms with Crippen molar-refractivity contribution in [3.8, 4) is 5.75 Å². The summed E-state index contributed by atoms with van der Waals surface area (Å²) in [5, 5.41) is 4.28. The highest BCUT2D eigenvalue weighted by Gasteiger charge is 2.22. The third kappa shape index (κ3) is 2.34. The van der Waals surface area contributed by atoms with E-state index in [2.05, 4.69) is 5.32 Å². The molecule has 2 aromatic rings. The van der Waals surface area contributed by atoms with E-state index in [-0.39, 0.29) is 12.3 Å². The lowest BCUT2D eigenvalue weighted by Crippen LogP contribution is -2.29. The Morgan fingerprint density at radius 2 is 2.18 bits per heavy atom. The topological polar surface area (TPSA) is 52.5 Å². The molecule has 0 unspecified atom stereocenters. The van der Waals surface area contributed by atoms with Crippen molar-refractivity contribution in [2.75, 3.05) is 26.1 Å². The van der Waals surface area contributed by atoms with Crippen molar-refractivity contribution in [1.82, 2.24) is 4.57 Å². The summed E-state index contributed by atoms with van der Waals surface area (Å²) in [5.74, 6) is 1.08. The number of benzene rings is 1. The molecule has 0 atom stereocenters. The van der Waals surface area contributed by atoms with Crippen molar-refractivity contribution < 1.29 is 9.47 Å². The van der Waals surface area contributed by atoms with Gasteiger partial charge in [-0.2, -0.15) is 0 Å². The zero-order chi connectivity index (χ0) is 15.7. The van der Waals surface area contributed by atoms with E-state index in [1.165, 1.54) is 0 Å². The van der Waals surface area contributed by atoms with Crippen molar-refractivity contribution in [1.29, 1.82) is 0 Å². The number of anilines is 1. The second-order valence-corrected chi connectivity index (χ2v) is 5.63. The fourth-order valence-corrected chi connectivity index (χ4v) is 3.21. The molecular weight excluding hydrogens is 304 g/mol. The van der Waals surface area contributed by atoms with Crippen LogP contribution in [-0.4, -0.2) is 25.3 Å². The maximum absolute atomic E-state index is 12.8. The fraction of sp³-hybridized carbons (Fsp3) is 0.438. The smallest absolute Gasteiger partial charge is 0.258 e. The summed E-state index contributed by atoms with van der Waals surface area (Å²) in [6.45, 7) is 1.06. The standard InChI is InChI=1S/C16H19ClN2O3/c1-21-9-19-12-6-10(8-17)7-13(22-2)14(12)15-11(16(19)20)4-3-5-18-15/h6-7,18H,3-5,8-9H2,1-2H3. The quantitative estimate of drug-likeness (QED) is 0.879. The van der Waals surface area contributed by atoms with Gasteiger partial charge in [0.1, 0.15) is 12.5 Å². The minimum atomic E-state index is -0.00896. The molecule has 0 radical (unpaired) electrons. The molecule has 0 amide bonds. The molecule has 0 saturated carbocycles. The Labute approximate surface area is 133 Å². The number of ether oxygens (including phenoxy) is 2.